The van der Waals surface area contributed by atoms with Crippen LogP contribution < -0.4 is 4.74 Å². The molecule has 0 radical (unpaired) electrons. The Morgan fingerprint density at radius 3 is 1.52 bits per heavy atom. The topological polar surface area (TPSA) is 9.23 Å². The molecule has 21 heavy (non-hydrogen) atoms. The van der Waals surface area contributed by atoms with Gasteiger partial charge in [-0.25, -0.2) is 0 Å². The molecule has 0 aliphatic rings. The van der Waals surface area contributed by atoms with E-state index in [-0.39, 0.29) is 15.8 Å². The molecule has 0 N–H and O–H groups in total. The van der Waals surface area contributed by atoms with Crippen LogP contribution in [0.4, 0.5) is 0 Å². The van der Waals surface area contributed by atoms with Gasteiger partial charge in [-0.3, -0.25) is 0 Å². The maximum Gasteiger partial charge on any atom is 0.127 e. The molecule has 0 atom stereocenters. The van der Waals surface area contributed by atoms with Crippen LogP contribution in [0.15, 0.2) is 48.5 Å². The Hall–Kier alpha value is -0.900. The molecule has 0 saturated heterocycles. The molecule has 0 spiro atoms. The van der Waals surface area contributed by atoms with Gasteiger partial charge in [-0.1, -0.05) is 24.3 Å². The summed E-state index contributed by atoms with van der Waals surface area (Å²) in [5.41, 5.74) is 2.73. The van der Waals surface area contributed by atoms with E-state index in [1.807, 2.05) is 12.1 Å². The van der Waals surface area contributed by atoms with Gasteiger partial charge in [-0.05, 0) is 74.4 Å². The zero-order chi connectivity index (χ0) is 15.2. The van der Waals surface area contributed by atoms with Gasteiger partial charge in [0.25, 0.3) is 0 Å². The van der Waals surface area contributed by atoms with Crippen molar-refractivity contribution in [2.75, 3.05) is 26.7 Å². The van der Waals surface area contributed by atoms with Gasteiger partial charge in [0, 0.05) is 0 Å². The third-order valence-electron chi connectivity index (χ3n) is 3.03. The summed E-state index contributed by atoms with van der Waals surface area (Å²) < 4.78 is 6.04. The molecule has 112 valence electrons. The van der Waals surface area contributed by atoms with Crippen molar-refractivity contribution in [3.05, 3.63) is 59.7 Å². The van der Waals surface area contributed by atoms with E-state index in [4.69, 9.17) is 4.74 Å². The number of hydrogen-bond donors (Lipinski definition) is 0. The fourth-order valence-corrected chi connectivity index (χ4v) is 4.14. The van der Waals surface area contributed by atoms with Gasteiger partial charge in [0.1, 0.15) is 11.5 Å². The highest BCUT2D eigenvalue weighted by molar-refractivity contribution is 7.55. The zero-order valence-corrected chi connectivity index (χ0v) is 15.1. The molecule has 1 nitrogen and oxygen atoms in total. The van der Waals surface area contributed by atoms with Crippen molar-refractivity contribution in [2.45, 2.75) is 12.3 Å². The van der Waals surface area contributed by atoms with E-state index in [1.54, 1.807) is 0 Å². The van der Waals surface area contributed by atoms with Gasteiger partial charge >= 0.3 is 0 Å². The molecule has 3 heteroatoms. The lowest BCUT2D eigenvalue weighted by molar-refractivity contribution is 0.482. The minimum absolute atomic E-state index is 0.0830. The van der Waals surface area contributed by atoms with Crippen LogP contribution in [0.3, 0.4) is 0 Å². The molecule has 0 bridgehead atoms. The van der Waals surface area contributed by atoms with Gasteiger partial charge in [0.05, 0.1) is 0 Å². The largest absolute Gasteiger partial charge is 0.457 e. The second-order valence-electron chi connectivity index (χ2n) is 5.87. The van der Waals surface area contributed by atoms with Crippen LogP contribution in [0.5, 0.6) is 11.5 Å². The highest BCUT2D eigenvalue weighted by atomic mass is 31.1. The molecule has 0 unspecified atom stereocenters. The van der Waals surface area contributed by atoms with E-state index in [0.717, 1.165) is 23.8 Å². The highest BCUT2D eigenvalue weighted by Gasteiger charge is 2.03. The SMILES string of the molecule is CP(C)Cc1cccc(Oc2cccc(CP(C)C)c2)c1. The first-order chi connectivity index (χ1) is 10.0. The molecule has 2 rings (SSSR count). The predicted molar refractivity (Wildman–Crippen MR) is 97.9 cm³/mol. The van der Waals surface area contributed by atoms with Crippen LogP contribution in [-0.4, -0.2) is 26.7 Å². The molecule has 0 aromatic heterocycles. The molecular formula is C18H24OP2. The van der Waals surface area contributed by atoms with Crippen molar-refractivity contribution >= 4 is 15.8 Å². The van der Waals surface area contributed by atoms with Crippen molar-refractivity contribution < 1.29 is 4.74 Å². The first-order valence-electron chi connectivity index (χ1n) is 7.18. The zero-order valence-electron chi connectivity index (χ0n) is 13.3. The lowest BCUT2D eigenvalue weighted by Crippen LogP contribution is -1.89. The smallest absolute Gasteiger partial charge is 0.127 e. The summed E-state index contributed by atoms with van der Waals surface area (Å²) in [6.07, 6.45) is 2.31. The summed E-state index contributed by atoms with van der Waals surface area (Å²) in [5, 5.41) is 0. The van der Waals surface area contributed by atoms with E-state index >= 15 is 0 Å². The van der Waals surface area contributed by atoms with Gasteiger partial charge in [-0.15, -0.1) is 15.8 Å². The average Bonchev–Trinajstić information content (AvgIpc) is 2.37. The van der Waals surface area contributed by atoms with Crippen LogP contribution in [-0.2, 0) is 12.3 Å². The maximum atomic E-state index is 6.04. The fraction of sp³-hybridized carbons (Fsp3) is 0.333. The van der Waals surface area contributed by atoms with E-state index in [1.165, 1.54) is 11.1 Å². The molecule has 0 heterocycles. The Morgan fingerprint density at radius 1 is 0.714 bits per heavy atom. The predicted octanol–water partition coefficient (Wildman–Crippen LogP) is 5.96. The van der Waals surface area contributed by atoms with Gasteiger partial charge in [0.15, 0.2) is 0 Å². The Balaban J connectivity index is 2.10. The van der Waals surface area contributed by atoms with Crippen LogP contribution in [0.2, 0.25) is 0 Å². The summed E-state index contributed by atoms with van der Waals surface area (Å²) in [5.74, 6) is 1.88. The summed E-state index contributed by atoms with van der Waals surface area (Å²) in [4.78, 5) is 0. The maximum absolute atomic E-state index is 6.04. The Labute approximate surface area is 131 Å². The standard InChI is InChI=1S/C18H24OP2/c1-20(2)13-15-7-5-9-17(11-15)19-18-10-6-8-16(12-18)14-21(3)4/h5-12H,13-14H2,1-4H3. The van der Waals surface area contributed by atoms with E-state index < -0.39 is 0 Å². The third kappa shape index (κ3) is 5.77. The number of rotatable bonds is 6. The van der Waals surface area contributed by atoms with Crippen LogP contribution in [0, 0.1) is 0 Å². The fourth-order valence-electron chi connectivity index (χ4n) is 2.28. The number of hydrogen-bond acceptors (Lipinski definition) is 1. The van der Waals surface area contributed by atoms with Crippen molar-refractivity contribution in [2.24, 2.45) is 0 Å². The van der Waals surface area contributed by atoms with Gasteiger partial charge in [0.2, 0.25) is 0 Å². The van der Waals surface area contributed by atoms with E-state index in [2.05, 4.69) is 63.1 Å². The van der Waals surface area contributed by atoms with E-state index in [9.17, 15) is 0 Å². The van der Waals surface area contributed by atoms with Crippen molar-refractivity contribution in [1.29, 1.82) is 0 Å². The van der Waals surface area contributed by atoms with Crippen molar-refractivity contribution in [3.8, 4) is 11.5 Å². The van der Waals surface area contributed by atoms with Crippen LogP contribution in [0.1, 0.15) is 11.1 Å². The van der Waals surface area contributed by atoms with Crippen LogP contribution in [0.25, 0.3) is 0 Å². The number of benzene rings is 2. The molecule has 0 fully saturated rings. The van der Waals surface area contributed by atoms with Gasteiger partial charge < -0.3 is 4.74 Å². The highest BCUT2D eigenvalue weighted by Crippen LogP contribution is 2.34. The minimum atomic E-state index is 0.0830. The lowest BCUT2D eigenvalue weighted by Gasteiger charge is -2.11. The van der Waals surface area contributed by atoms with Crippen molar-refractivity contribution in [3.63, 3.8) is 0 Å². The normalized spacial score (nSPS) is 11.1. The first kappa shape index (κ1) is 16.5. The Morgan fingerprint density at radius 2 is 1.14 bits per heavy atom. The first-order valence-corrected chi connectivity index (χ1v) is 12.0. The summed E-state index contributed by atoms with van der Waals surface area (Å²) >= 11 is 0. The Kier molecular flexibility index (Phi) is 6.22. The molecule has 2 aromatic carbocycles. The third-order valence-corrected chi connectivity index (χ3v) is 5.03. The lowest BCUT2D eigenvalue weighted by atomic mass is 10.2. The molecule has 0 aliphatic heterocycles. The Bertz CT molecular complexity index is 527. The molecule has 0 amide bonds. The quantitative estimate of drug-likeness (QED) is 0.597. The second-order valence-corrected chi connectivity index (χ2v) is 10.8. The summed E-state index contributed by atoms with van der Waals surface area (Å²) in [6, 6.07) is 17.0. The monoisotopic (exact) mass is 318 g/mol. The minimum Gasteiger partial charge on any atom is -0.457 e. The molecule has 2 aromatic rings. The van der Waals surface area contributed by atoms with Crippen LogP contribution >= 0.6 is 15.8 Å². The molecule has 0 saturated carbocycles. The second kappa shape index (κ2) is 7.92. The summed E-state index contributed by atoms with van der Waals surface area (Å²) in [6.45, 7) is 9.22. The average molecular weight is 318 g/mol. The molecule has 0 aliphatic carbocycles. The summed E-state index contributed by atoms with van der Waals surface area (Å²) in [7, 11) is 0.166. The van der Waals surface area contributed by atoms with Crippen molar-refractivity contribution in [1.82, 2.24) is 0 Å². The number of ether oxygens (including phenoxy) is 1. The van der Waals surface area contributed by atoms with E-state index in [0.29, 0.717) is 0 Å². The molecular weight excluding hydrogens is 294 g/mol. The van der Waals surface area contributed by atoms with Gasteiger partial charge in [-0.2, -0.15) is 0 Å².